The lowest BCUT2D eigenvalue weighted by atomic mass is 9.94. The Bertz CT molecular complexity index is 1650. The summed E-state index contributed by atoms with van der Waals surface area (Å²) in [6.07, 6.45) is -4.18. The molecule has 7 atom stereocenters. The van der Waals surface area contributed by atoms with Crippen molar-refractivity contribution in [3.63, 3.8) is 0 Å². The normalized spacial score (nSPS) is 20.8. The quantitative estimate of drug-likeness (QED) is 0.0524. The molecule has 1 unspecified atom stereocenters. The third-order valence-electron chi connectivity index (χ3n) is 8.22. The second-order valence-electron chi connectivity index (χ2n) is 12.1. The smallest absolute Gasteiger partial charge is 0.328 e. The van der Waals surface area contributed by atoms with Crippen LogP contribution in [0.1, 0.15) is 36.5 Å². The number of aliphatic hydroxyl groups is 3. The molecule has 0 fully saturated rings. The number of rotatable bonds is 13. The van der Waals surface area contributed by atoms with Gasteiger partial charge in [-0.3, -0.25) is 24.2 Å². The Labute approximate surface area is 297 Å². The van der Waals surface area contributed by atoms with E-state index in [4.69, 9.17) is 22.9 Å². The number of aliphatic imine (C=N–C) groups is 1. The molecule has 0 saturated heterocycles. The Balaban J connectivity index is 2.13. The molecule has 4 bridgehead atoms. The molecule has 20 heteroatoms. The summed E-state index contributed by atoms with van der Waals surface area (Å²) in [6.45, 7) is -1.34. The van der Waals surface area contributed by atoms with Crippen LogP contribution in [0.5, 0.6) is 11.5 Å². The highest BCUT2D eigenvalue weighted by Gasteiger charge is 2.37. The van der Waals surface area contributed by atoms with E-state index in [0.29, 0.717) is 11.1 Å². The van der Waals surface area contributed by atoms with E-state index in [2.05, 4.69) is 26.3 Å². The van der Waals surface area contributed by atoms with Crippen LogP contribution in [-0.4, -0.2) is 122 Å². The summed E-state index contributed by atoms with van der Waals surface area (Å²) in [6, 6.07) is 0.179. The van der Waals surface area contributed by atoms with Crippen molar-refractivity contribution in [2.75, 3.05) is 19.7 Å². The maximum Gasteiger partial charge on any atom is 0.328 e. The van der Waals surface area contributed by atoms with Gasteiger partial charge in [-0.25, -0.2) is 4.79 Å². The van der Waals surface area contributed by atoms with Crippen molar-refractivity contribution < 1.29 is 54.6 Å². The predicted molar refractivity (Wildman–Crippen MR) is 184 cm³/mol. The van der Waals surface area contributed by atoms with Gasteiger partial charge in [0.05, 0.1) is 18.8 Å². The second kappa shape index (κ2) is 18.6. The Morgan fingerprint density at radius 2 is 1.62 bits per heavy atom. The molecule has 0 radical (unpaired) electrons. The van der Waals surface area contributed by atoms with E-state index < -0.39 is 90.8 Å². The number of phenols is 2. The summed E-state index contributed by atoms with van der Waals surface area (Å²) in [5.74, 6) is -6.78. The number of hydrogen-bond donors (Lipinski definition) is 14. The summed E-state index contributed by atoms with van der Waals surface area (Å²) >= 11 is 0. The van der Waals surface area contributed by atoms with Crippen molar-refractivity contribution in [3.05, 3.63) is 47.5 Å². The first kappa shape index (κ1) is 40.9. The highest BCUT2D eigenvalue weighted by Crippen LogP contribution is 2.34. The van der Waals surface area contributed by atoms with Crippen molar-refractivity contribution in [3.8, 4) is 22.6 Å². The highest BCUT2D eigenvalue weighted by atomic mass is 16.4. The largest absolute Gasteiger partial charge is 0.508 e. The van der Waals surface area contributed by atoms with E-state index in [1.54, 1.807) is 0 Å². The third kappa shape index (κ3) is 11.0. The summed E-state index contributed by atoms with van der Waals surface area (Å²) < 4.78 is 0. The number of aliphatic hydroxyl groups excluding tert-OH is 3. The summed E-state index contributed by atoms with van der Waals surface area (Å²) in [5, 5.41) is 71.3. The molecule has 18 N–H and O–H groups in total. The average Bonchev–Trinajstić information content (AvgIpc) is 3.10. The molecular weight excluding hydrogens is 686 g/mol. The number of carbonyl (C=O) groups excluding carboxylic acids is 4. The number of guanidine groups is 1. The molecule has 20 nitrogen and oxygen atoms in total. The molecule has 3 rings (SSSR count). The van der Waals surface area contributed by atoms with Crippen LogP contribution >= 0.6 is 0 Å². The number of fused-ring (bicyclic) bond motifs is 5. The van der Waals surface area contributed by atoms with Crippen molar-refractivity contribution in [1.82, 2.24) is 21.3 Å². The van der Waals surface area contributed by atoms with Gasteiger partial charge in [0.15, 0.2) is 5.96 Å². The van der Waals surface area contributed by atoms with Gasteiger partial charge in [0.25, 0.3) is 0 Å². The third-order valence-corrected chi connectivity index (χ3v) is 8.22. The monoisotopic (exact) mass is 731 g/mol. The number of aliphatic carboxylic acids is 1. The van der Waals surface area contributed by atoms with E-state index in [-0.39, 0.29) is 55.2 Å². The van der Waals surface area contributed by atoms with Crippen LogP contribution in [0.3, 0.4) is 0 Å². The van der Waals surface area contributed by atoms with Gasteiger partial charge in [-0.1, -0.05) is 12.1 Å². The van der Waals surface area contributed by atoms with Gasteiger partial charge >= 0.3 is 5.97 Å². The Morgan fingerprint density at radius 1 is 0.962 bits per heavy atom. The number of hydrogen-bond acceptors (Lipinski definition) is 13. The minimum Gasteiger partial charge on any atom is -0.508 e. The van der Waals surface area contributed by atoms with Gasteiger partial charge in [0.1, 0.15) is 41.8 Å². The first-order chi connectivity index (χ1) is 24.6. The number of carboxylic acid groups (broad SMARTS) is 1. The molecule has 2 aromatic rings. The van der Waals surface area contributed by atoms with Crippen molar-refractivity contribution >= 4 is 35.6 Å². The van der Waals surface area contributed by atoms with E-state index in [0.717, 1.165) is 0 Å². The van der Waals surface area contributed by atoms with Gasteiger partial charge < -0.3 is 74.8 Å². The van der Waals surface area contributed by atoms with Crippen molar-refractivity contribution in [2.45, 2.75) is 68.1 Å². The minimum atomic E-state index is -2.04. The molecule has 0 saturated carbocycles. The number of nitrogens with zero attached hydrogens (tertiary/aromatic N) is 1. The molecular formula is C32H45N9O11. The lowest BCUT2D eigenvalue weighted by molar-refractivity contribution is -0.143. The Kier molecular flexibility index (Phi) is 14.6. The second-order valence-corrected chi connectivity index (χ2v) is 12.1. The SMILES string of the molecule is NC[C@H](O)C[C@@H]1NC(=O)[C@@H](N)Cc2cc(ccc2O)-c2ccc(O)c(c2)[C@@H](O)[C@@H](C(=O)NC(CCCN=C(N)N)C(=O)N[C@@H](CO)C(=O)O)NC1=O. The van der Waals surface area contributed by atoms with Gasteiger partial charge in [-0.15, -0.1) is 0 Å². The molecule has 0 aliphatic carbocycles. The van der Waals surface area contributed by atoms with Crippen LogP contribution in [0, 0.1) is 0 Å². The van der Waals surface area contributed by atoms with Crippen LogP contribution in [0.2, 0.25) is 0 Å². The number of nitrogens with one attached hydrogen (secondary N) is 4. The average molecular weight is 732 g/mol. The molecule has 1 heterocycles. The standard InChI is InChI=1S/C32H45N9O11/c33-12-17(43)11-21-29(49)41-25(30(50)38-20(2-1-7-37-32(35)36)28(48)40-22(13-42)31(51)52)26(46)18-9-15(4-6-24(18)45)14-3-5-23(44)16(8-14)10-19(34)27(47)39-21/h3-6,8-9,17,19-22,25-26,42-46H,1-2,7,10-13,33-34H2,(H,38,50)(H,39,47)(H,40,48)(H,41,49)(H,51,52)(H4,35,36,37)/t17-,19+,20?,21+,22+,25+,26-/m1/s1. The molecule has 2 aromatic carbocycles. The molecule has 52 heavy (non-hydrogen) atoms. The molecule has 284 valence electrons. The lowest BCUT2D eigenvalue weighted by Crippen LogP contribution is -2.60. The van der Waals surface area contributed by atoms with Crippen LogP contribution in [0.4, 0.5) is 0 Å². The summed E-state index contributed by atoms with van der Waals surface area (Å²) in [5.41, 5.74) is 23.2. The minimum absolute atomic E-state index is 0.0141. The van der Waals surface area contributed by atoms with E-state index in [9.17, 15) is 54.6 Å². The van der Waals surface area contributed by atoms with Crippen LogP contribution in [0.15, 0.2) is 41.4 Å². The predicted octanol–water partition coefficient (Wildman–Crippen LogP) is -4.54. The lowest BCUT2D eigenvalue weighted by Gasteiger charge is -2.29. The van der Waals surface area contributed by atoms with Gasteiger partial charge in [0.2, 0.25) is 23.6 Å². The maximum absolute atomic E-state index is 14.0. The zero-order valence-corrected chi connectivity index (χ0v) is 27.9. The number of aromatic hydroxyl groups is 2. The fourth-order valence-electron chi connectivity index (χ4n) is 5.32. The van der Waals surface area contributed by atoms with E-state index in [1.807, 2.05) is 0 Å². The number of carbonyl (C=O) groups is 5. The van der Waals surface area contributed by atoms with Gasteiger partial charge in [0, 0.05) is 31.5 Å². The molecule has 1 aliphatic heterocycles. The van der Waals surface area contributed by atoms with E-state index >= 15 is 0 Å². The van der Waals surface area contributed by atoms with Crippen LogP contribution < -0.4 is 44.2 Å². The van der Waals surface area contributed by atoms with E-state index in [1.165, 1.54) is 36.4 Å². The molecule has 4 amide bonds. The molecule has 1 aliphatic rings. The van der Waals surface area contributed by atoms with Crippen LogP contribution in [-0.2, 0) is 30.4 Å². The fraction of sp³-hybridized carbons (Fsp3) is 0.438. The fourth-order valence-corrected chi connectivity index (χ4v) is 5.32. The first-order valence-corrected chi connectivity index (χ1v) is 16.1. The Morgan fingerprint density at radius 3 is 2.23 bits per heavy atom. The van der Waals surface area contributed by atoms with Gasteiger partial charge in [-0.2, -0.15) is 0 Å². The number of nitrogens with two attached hydrogens (primary N) is 4. The molecule has 0 spiro atoms. The molecule has 0 aromatic heterocycles. The first-order valence-electron chi connectivity index (χ1n) is 16.1. The van der Waals surface area contributed by atoms with Gasteiger partial charge in [-0.05, 0) is 53.8 Å². The number of amides is 4. The number of benzene rings is 2. The zero-order chi connectivity index (χ0) is 38.7. The number of carboxylic acids is 1. The summed E-state index contributed by atoms with van der Waals surface area (Å²) in [7, 11) is 0. The summed E-state index contributed by atoms with van der Waals surface area (Å²) in [4.78, 5) is 69.5. The Hall–Kier alpha value is -5.54. The highest BCUT2D eigenvalue weighted by molar-refractivity contribution is 5.96. The topological polar surface area (TPSA) is 371 Å². The van der Waals surface area contributed by atoms with Crippen molar-refractivity contribution in [1.29, 1.82) is 0 Å². The zero-order valence-electron chi connectivity index (χ0n) is 27.9. The van der Waals surface area contributed by atoms with Crippen LogP contribution in [0.25, 0.3) is 11.1 Å². The number of phenolic OH excluding ortho intramolecular Hbond substituents is 2. The van der Waals surface area contributed by atoms with Crippen molar-refractivity contribution in [2.24, 2.45) is 27.9 Å². The maximum atomic E-state index is 14.0.